The summed E-state index contributed by atoms with van der Waals surface area (Å²) in [5, 5.41) is 20.1. The van der Waals surface area contributed by atoms with Crippen molar-refractivity contribution in [1.82, 2.24) is 9.97 Å². The SMILES string of the molecule is CC1(C)OB(c2cnc(NC(=O)[C@H](O)CO)nc2)OC1(C)C. The largest absolute Gasteiger partial charge is 0.498 e. The van der Waals surface area contributed by atoms with Crippen LogP contribution in [0.2, 0.25) is 0 Å². The molecule has 9 heteroatoms. The van der Waals surface area contributed by atoms with E-state index < -0.39 is 36.9 Å². The molecule has 22 heavy (non-hydrogen) atoms. The summed E-state index contributed by atoms with van der Waals surface area (Å²) in [7, 11) is -0.585. The highest BCUT2D eigenvalue weighted by Gasteiger charge is 2.51. The maximum absolute atomic E-state index is 11.4. The van der Waals surface area contributed by atoms with Gasteiger partial charge in [-0.05, 0) is 27.7 Å². The molecule has 1 aliphatic heterocycles. The van der Waals surface area contributed by atoms with Gasteiger partial charge in [0.2, 0.25) is 5.95 Å². The van der Waals surface area contributed by atoms with E-state index in [9.17, 15) is 9.90 Å². The van der Waals surface area contributed by atoms with Gasteiger partial charge < -0.3 is 19.5 Å². The van der Waals surface area contributed by atoms with E-state index >= 15 is 0 Å². The zero-order chi connectivity index (χ0) is 16.5. The number of anilines is 1. The molecule has 0 aromatic carbocycles. The molecular weight excluding hydrogens is 289 g/mol. The van der Waals surface area contributed by atoms with Crippen LogP contribution in [0.25, 0.3) is 0 Å². The number of hydrogen-bond acceptors (Lipinski definition) is 7. The minimum atomic E-state index is -1.51. The van der Waals surface area contributed by atoms with Crippen LogP contribution in [-0.2, 0) is 14.1 Å². The second-order valence-electron chi connectivity index (χ2n) is 6.12. The van der Waals surface area contributed by atoms with E-state index in [2.05, 4.69) is 15.3 Å². The van der Waals surface area contributed by atoms with Crippen LogP contribution in [0, 0.1) is 0 Å². The minimum absolute atomic E-state index is 0.0257. The van der Waals surface area contributed by atoms with Gasteiger partial charge in [0.15, 0.2) is 6.10 Å². The van der Waals surface area contributed by atoms with Crippen molar-refractivity contribution in [1.29, 1.82) is 0 Å². The van der Waals surface area contributed by atoms with Crippen molar-refractivity contribution in [3.63, 3.8) is 0 Å². The molecule has 1 aromatic heterocycles. The summed E-state index contributed by atoms with van der Waals surface area (Å²) in [6.45, 7) is 7.10. The second kappa shape index (κ2) is 5.92. The van der Waals surface area contributed by atoms with Crippen LogP contribution in [0.1, 0.15) is 27.7 Å². The third-order valence-corrected chi connectivity index (χ3v) is 3.91. The molecule has 1 aliphatic rings. The van der Waals surface area contributed by atoms with Crippen LogP contribution in [0.3, 0.4) is 0 Å². The monoisotopic (exact) mass is 309 g/mol. The third kappa shape index (κ3) is 3.27. The van der Waals surface area contributed by atoms with Crippen molar-refractivity contribution >= 4 is 24.4 Å². The summed E-state index contributed by atoms with van der Waals surface area (Å²) >= 11 is 0. The predicted octanol–water partition coefficient (Wildman–Crippen LogP) is -0.932. The average molecular weight is 309 g/mol. The van der Waals surface area contributed by atoms with E-state index in [1.165, 1.54) is 12.4 Å². The molecule has 1 fully saturated rings. The van der Waals surface area contributed by atoms with Crippen LogP contribution in [0.4, 0.5) is 5.95 Å². The highest BCUT2D eigenvalue weighted by atomic mass is 16.7. The van der Waals surface area contributed by atoms with Crippen LogP contribution < -0.4 is 10.8 Å². The summed E-state index contributed by atoms with van der Waals surface area (Å²) in [4.78, 5) is 19.4. The van der Waals surface area contributed by atoms with Gasteiger partial charge in [-0.3, -0.25) is 10.1 Å². The number of hydrogen-bond donors (Lipinski definition) is 3. The van der Waals surface area contributed by atoms with Gasteiger partial charge in [-0.15, -0.1) is 0 Å². The lowest BCUT2D eigenvalue weighted by Crippen LogP contribution is -2.41. The van der Waals surface area contributed by atoms with Gasteiger partial charge in [-0.1, -0.05) is 0 Å². The van der Waals surface area contributed by atoms with Gasteiger partial charge in [-0.2, -0.15) is 0 Å². The normalized spacial score (nSPS) is 20.7. The number of nitrogens with one attached hydrogen (secondary N) is 1. The third-order valence-electron chi connectivity index (χ3n) is 3.91. The summed E-state index contributed by atoms with van der Waals surface area (Å²) in [6, 6.07) is 0. The smallest absolute Gasteiger partial charge is 0.399 e. The topological polar surface area (TPSA) is 114 Å². The Morgan fingerprint density at radius 2 is 1.77 bits per heavy atom. The standard InChI is InChI=1S/C13H20BN3O5/c1-12(2)13(3,4)22-14(21-12)8-5-15-11(16-6-8)17-10(20)9(19)7-18/h5-6,9,18-19H,7H2,1-4H3,(H,15,16,17,20)/t9-/m1/s1. The van der Waals surface area contributed by atoms with E-state index in [-0.39, 0.29) is 5.95 Å². The van der Waals surface area contributed by atoms with Crippen molar-refractivity contribution < 1.29 is 24.3 Å². The Labute approximate surface area is 129 Å². The quantitative estimate of drug-likeness (QED) is 0.616. The fourth-order valence-electron chi connectivity index (χ4n) is 1.78. The van der Waals surface area contributed by atoms with E-state index in [0.717, 1.165) is 0 Å². The fraction of sp³-hybridized carbons (Fsp3) is 0.615. The highest BCUT2D eigenvalue weighted by molar-refractivity contribution is 6.61. The number of carbonyl (C=O) groups is 1. The molecule has 1 atom stereocenters. The predicted molar refractivity (Wildman–Crippen MR) is 79.5 cm³/mol. The molecule has 8 nitrogen and oxygen atoms in total. The fourth-order valence-corrected chi connectivity index (χ4v) is 1.78. The molecule has 2 rings (SSSR count). The zero-order valence-corrected chi connectivity index (χ0v) is 13.0. The number of rotatable bonds is 4. The number of aliphatic hydroxyl groups is 2. The molecule has 2 heterocycles. The molecule has 0 aliphatic carbocycles. The van der Waals surface area contributed by atoms with Crippen LogP contribution in [-0.4, -0.2) is 57.1 Å². The molecule has 1 saturated heterocycles. The molecule has 0 spiro atoms. The van der Waals surface area contributed by atoms with Gasteiger partial charge >= 0.3 is 7.12 Å². The lowest BCUT2D eigenvalue weighted by Gasteiger charge is -2.32. The highest BCUT2D eigenvalue weighted by Crippen LogP contribution is 2.36. The van der Waals surface area contributed by atoms with Crippen molar-refractivity contribution in [3.8, 4) is 0 Å². The first-order valence-electron chi connectivity index (χ1n) is 6.93. The Bertz CT molecular complexity index is 533. The zero-order valence-electron chi connectivity index (χ0n) is 13.0. The first kappa shape index (κ1) is 16.8. The summed E-state index contributed by atoms with van der Waals surface area (Å²) in [5.41, 5.74) is -0.301. The molecule has 0 bridgehead atoms. The lowest BCUT2D eigenvalue weighted by molar-refractivity contribution is -0.125. The van der Waals surface area contributed by atoms with Crippen molar-refractivity contribution in [2.24, 2.45) is 0 Å². The summed E-state index contributed by atoms with van der Waals surface area (Å²) < 4.78 is 11.7. The lowest BCUT2D eigenvalue weighted by atomic mass is 9.81. The summed E-state index contributed by atoms with van der Waals surface area (Å²) in [6.07, 6.45) is 1.46. The molecular formula is C13H20BN3O5. The number of amides is 1. The number of aliphatic hydroxyl groups excluding tert-OH is 2. The van der Waals surface area contributed by atoms with E-state index in [1.807, 2.05) is 27.7 Å². The van der Waals surface area contributed by atoms with Gasteiger partial charge in [0, 0.05) is 17.9 Å². The molecule has 3 N–H and O–H groups in total. The Balaban J connectivity index is 2.06. The Morgan fingerprint density at radius 3 is 2.23 bits per heavy atom. The van der Waals surface area contributed by atoms with Crippen molar-refractivity contribution in [3.05, 3.63) is 12.4 Å². The van der Waals surface area contributed by atoms with Gasteiger partial charge in [0.05, 0.1) is 17.8 Å². The first-order valence-corrected chi connectivity index (χ1v) is 6.93. The maximum atomic E-state index is 11.4. The molecule has 0 unspecified atom stereocenters. The Hall–Kier alpha value is -1.55. The maximum Gasteiger partial charge on any atom is 0.498 e. The minimum Gasteiger partial charge on any atom is -0.399 e. The molecule has 0 saturated carbocycles. The van der Waals surface area contributed by atoms with E-state index in [0.29, 0.717) is 5.46 Å². The van der Waals surface area contributed by atoms with Crippen molar-refractivity contribution in [2.45, 2.75) is 45.0 Å². The van der Waals surface area contributed by atoms with Gasteiger partial charge in [0.25, 0.3) is 5.91 Å². The van der Waals surface area contributed by atoms with Gasteiger partial charge in [0.1, 0.15) is 0 Å². The van der Waals surface area contributed by atoms with E-state index in [4.69, 9.17) is 14.4 Å². The van der Waals surface area contributed by atoms with Crippen LogP contribution in [0.15, 0.2) is 12.4 Å². The number of aromatic nitrogens is 2. The summed E-state index contributed by atoms with van der Waals surface area (Å²) in [5.74, 6) is -0.747. The van der Waals surface area contributed by atoms with Gasteiger partial charge in [-0.25, -0.2) is 9.97 Å². The second-order valence-corrected chi connectivity index (χ2v) is 6.12. The number of carbonyl (C=O) groups excluding carboxylic acids is 1. The average Bonchev–Trinajstić information content (AvgIpc) is 2.67. The van der Waals surface area contributed by atoms with E-state index in [1.54, 1.807) is 0 Å². The molecule has 1 aromatic rings. The van der Waals surface area contributed by atoms with Crippen LogP contribution in [0.5, 0.6) is 0 Å². The van der Waals surface area contributed by atoms with Crippen molar-refractivity contribution in [2.75, 3.05) is 11.9 Å². The Kier molecular flexibility index (Phi) is 4.53. The molecule has 120 valence electrons. The molecule has 0 radical (unpaired) electrons. The Morgan fingerprint density at radius 1 is 1.27 bits per heavy atom. The number of nitrogens with zero attached hydrogens (tertiary/aromatic N) is 2. The first-order chi connectivity index (χ1) is 10.2. The molecule has 1 amide bonds. The van der Waals surface area contributed by atoms with Crippen LogP contribution >= 0.6 is 0 Å².